The summed E-state index contributed by atoms with van der Waals surface area (Å²) in [5, 5.41) is 6.07. The van der Waals surface area contributed by atoms with E-state index >= 15 is 0 Å². The largest absolute Gasteiger partial charge is 0.383 e. The highest BCUT2D eigenvalue weighted by molar-refractivity contribution is 5.94. The highest BCUT2D eigenvalue weighted by Gasteiger charge is 2.17. The molecule has 1 aliphatic rings. The van der Waals surface area contributed by atoms with Crippen LogP contribution in [0.1, 0.15) is 30.1 Å². The van der Waals surface area contributed by atoms with Gasteiger partial charge >= 0.3 is 0 Å². The number of rotatable bonds is 8. The molecule has 0 bridgehead atoms. The second-order valence-electron chi connectivity index (χ2n) is 6.07. The molecule has 6 nitrogen and oxygen atoms in total. The van der Waals surface area contributed by atoms with Crippen LogP contribution in [0, 0.1) is 5.92 Å². The number of hydrogen-bond donors (Lipinski definition) is 2. The lowest BCUT2D eigenvalue weighted by Crippen LogP contribution is -2.34. The van der Waals surface area contributed by atoms with Gasteiger partial charge < -0.3 is 20.3 Å². The van der Waals surface area contributed by atoms with Gasteiger partial charge in [0.15, 0.2) is 0 Å². The minimum atomic E-state index is -0.0788. The van der Waals surface area contributed by atoms with Crippen molar-refractivity contribution in [3.05, 3.63) is 23.9 Å². The maximum Gasteiger partial charge on any atom is 0.252 e. The molecule has 1 saturated heterocycles. The van der Waals surface area contributed by atoms with E-state index in [1.165, 1.54) is 12.8 Å². The van der Waals surface area contributed by atoms with Gasteiger partial charge in [-0.1, -0.05) is 6.92 Å². The first-order chi connectivity index (χ1) is 11.2. The fourth-order valence-electron chi connectivity index (χ4n) is 2.61. The zero-order chi connectivity index (χ0) is 16.5. The fraction of sp³-hybridized carbons (Fsp3) is 0.647. The molecule has 0 unspecified atom stereocenters. The van der Waals surface area contributed by atoms with Crippen molar-refractivity contribution in [1.29, 1.82) is 0 Å². The molecule has 25 heavy (non-hydrogen) atoms. The molecule has 2 rings (SSSR count). The molecule has 144 valence electrons. The minimum absolute atomic E-state index is 0. The number of hydrogen-bond acceptors (Lipinski definition) is 5. The Labute approximate surface area is 162 Å². The van der Waals surface area contributed by atoms with Crippen LogP contribution in [0.5, 0.6) is 0 Å². The van der Waals surface area contributed by atoms with E-state index in [4.69, 9.17) is 4.74 Å². The number of carbonyl (C=O) groups is 1. The number of aromatic nitrogens is 1. The van der Waals surface area contributed by atoms with Gasteiger partial charge in [0.05, 0.1) is 12.2 Å². The van der Waals surface area contributed by atoms with E-state index in [-0.39, 0.29) is 30.7 Å². The van der Waals surface area contributed by atoms with Gasteiger partial charge in [0.1, 0.15) is 5.82 Å². The number of anilines is 1. The molecule has 0 radical (unpaired) electrons. The van der Waals surface area contributed by atoms with Crippen LogP contribution in [-0.4, -0.2) is 57.3 Å². The SMILES string of the molecule is COCCNCCNC(=O)c1ccc(N2CCC(C)CC2)nc1.Cl.Cl. The summed E-state index contributed by atoms with van der Waals surface area (Å²) in [5.74, 6) is 1.69. The number of methoxy groups -OCH3 is 1. The zero-order valence-corrected chi connectivity index (χ0v) is 16.6. The molecule has 1 aromatic rings. The summed E-state index contributed by atoms with van der Waals surface area (Å²) in [4.78, 5) is 18.8. The van der Waals surface area contributed by atoms with Crippen LogP contribution < -0.4 is 15.5 Å². The van der Waals surface area contributed by atoms with Crippen LogP contribution in [0.4, 0.5) is 5.82 Å². The highest BCUT2D eigenvalue weighted by atomic mass is 35.5. The Balaban J connectivity index is 0.00000288. The molecule has 0 saturated carbocycles. The summed E-state index contributed by atoms with van der Waals surface area (Å²) >= 11 is 0. The Morgan fingerprint density at radius 1 is 1.24 bits per heavy atom. The smallest absolute Gasteiger partial charge is 0.252 e. The second-order valence-corrected chi connectivity index (χ2v) is 6.07. The molecule has 1 aliphatic heterocycles. The molecule has 0 aliphatic carbocycles. The van der Waals surface area contributed by atoms with E-state index in [0.29, 0.717) is 18.7 Å². The van der Waals surface area contributed by atoms with Crippen molar-refractivity contribution in [2.75, 3.05) is 51.3 Å². The minimum Gasteiger partial charge on any atom is -0.383 e. The molecule has 8 heteroatoms. The number of halogens is 2. The summed E-state index contributed by atoms with van der Waals surface area (Å²) in [6.45, 7) is 7.18. The van der Waals surface area contributed by atoms with Crippen molar-refractivity contribution < 1.29 is 9.53 Å². The predicted octanol–water partition coefficient (Wildman–Crippen LogP) is 2.13. The van der Waals surface area contributed by atoms with E-state index < -0.39 is 0 Å². The average molecular weight is 393 g/mol. The van der Waals surface area contributed by atoms with Gasteiger partial charge in [-0.05, 0) is 30.9 Å². The third-order valence-electron chi connectivity index (χ3n) is 4.19. The first-order valence-corrected chi connectivity index (χ1v) is 8.39. The molecule has 0 spiro atoms. The molecule has 2 N–H and O–H groups in total. The van der Waals surface area contributed by atoms with Crippen LogP contribution in [0.25, 0.3) is 0 Å². The average Bonchev–Trinajstić information content (AvgIpc) is 2.58. The molecule has 0 aromatic carbocycles. The first-order valence-electron chi connectivity index (χ1n) is 8.39. The van der Waals surface area contributed by atoms with Gasteiger partial charge in [-0.3, -0.25) is 4.79 Å². The number of amides is 1. The van der Waals surface area contributed by atoms with Crippen molar-refractivity contribution in [3.8, 4) is 0 Å². The van der Waals surface area contributed by atoms with Crippen molar-refractivity contribution >= 4 is 36.5 Å². The second kappa shape index (κ2) is 13.2. The van der Waals surface area contributed by atoms with E-state index in [9.17, 15) is 4.79 Å². The lowest BCUT2D eigenvalue weighted by Gasteiger charge is -2.31. The monoisotopic (exact) mass is 392 g/mol. The first kappa shape index (κ1) is 23.9. The third-order valence-corrected chi connectivity index (χ3v) is 4.19. The fourth-order valence-corrected chi connectivity index (χ4v) is 2.61. The summed E-state index contributed by atoms with van der Waals surface area (Å²) < 4.78 is 4.94. The standard InChI is InChI=1S/C17H28N4O2.2ClH/c1-14-5-10-21(11-6-14)16-4-3-15(13-20-16)17(22)19-8-7-18-9-12-23-2;;/h3-4,13-14,18H,5-12H2,1-2H3,(H,19,22);2*1H. The topological polar surface area (TPSA) is 66.5 Å². The maximum absolute atomic E-state index is 12.0. The summed E-state index contributed by atoms with van der Waals surface area (Å²) in [7, 11) is 1.67. The number of nitrogens with zero attached hydrogens (tertiary/aromatic N) is 2. The number of piperidine rings is 1. The van der Waals surface area contributed by atoms with Gasteiger partial charge in [0, 0.05) is 46.0 Å². The summed E-state index contributed by atoms with van der Waals surface area (Å²) in [6, 6.07) is 3.80. The van der Waals surface area contributed by atoms with Crippen molar-refractivity contribution in [2.24, 2.45) is 5.92 Å². The molecule has 1 aromatic heterocycles. The number of pyridine rings is 1. The zero-order valence-electron chi connectivity index (χ0n) is 15.0. The lowest BCUT2D eigenvalue weighted by molar-refractivity contribution is 0.0953. The Hall–Kier alpha value is -1.08. The highest BCUT2D eigenvalue weighted by Crippen LogP contribution is 2.21. The van der Waals surface area contributed by atoms with Crippen molar-refractivity contribution in [2.45, 2.75) is 19.8 Å². The van der Waals surface area contributed by atoms with E-state index in [1.54, 1.807) is 13.3 Å². The van der Waals surface area contributed by atoms with Gasteiger partial charge in [-0.2, -0.15) is 0 Å². The van der Waals surface area contributed by atoms with Crippen molar-refractivity contribution in [3.63, 3.8) is 0 Å². The number of nitrogens with one attached hydrogen (secondary N) is 2. The molecule has 1 amide bonds. The quantitative estimate of drug-likeness (QED) is 0.663. The van der Waals surface area contributed by atoms with Gasteiger partial charge in [-0.15, -0.1) is 24.8 Å². The maximum atomic E-state index is 12.0. The summed E-state index contributed by atoms with van der Waals surface area (Å²) in [6.07, 6.45) is 4.08. The summed E-state index contributed by atoms with van der Waals surface area (Å²) in [5.41, 5.74) is 0.607. The Morgan fingerprint density at radius 3 is 2.56 bits per heavy atom. The molecular formula is C17H30Cl2N4O2. The predicted molar refractivity (Wildman–Crippen MR) is 106 cm³/mol. The molecule has 2 heterocycles. The van der Waals surface area contributed by atoms with Gasteiger partial charge in [0.25, 0.3) is 5.91 Å². The molecular weight excluding hydrogens is 363 g/mol. The Morgan fingerprint density at radius 2 is 1.96 bits per heavy atom. The van der Waals surface area contributed by atoms with Crippen LogP contribution in [0.15, 0.2) is 18.3 Å². The van der Waals surface area contributed by atoms with Gasteiger partial charge in [0.2, 0.25) is 0 Å². The van der Waals surface area contributed by atoms with Crippen LogP contribution >= 0.6 is 24.8 Å². The van der Waals surface area contributed by atoms with E-state index in [0.717, 1.165) is 37.9 Å². The molecule has 0 atom stereocenters. The van der Waals surface area contributed by atoms with Gasteiger partial charge in [-0.25, -0.2) is 4.98 Å². The Kier molecular flexibility index (Phi) is 12.6. The van der Waals surface area contributed by atoms with Crippen LogP contribution in [0.2, 0.25) is 0 Å². The normalized spacial score (nSPS) is 14.4. The lowest BCUT2D eigenvalue weighted by atomic mass is 9.99. The van der Waals surface area contributed by atoms with Crippen LogP contribution in [0.3, 0.4) is 0 Å². The third kappa shape index (κ3) is 8.23. The van der Waals surface area contributed by atoms with E-state index in [2.05, 4.69) is 27.4 Å². The molecule has 1 fully saturated rings. The van der Waals surface area contributed by atoms with Crippen LogP contribution in [-0.2, 0) is 4.74 Å². The number of ether oxygens (including phenoxy) is 1. The Bertz CT molecular complexity index is 480. The number of carbonyl (C=O) groups excluding carboxylic acids is 1. The van der Waals surface area contributed by atoms with Crippen molar-refractivity contribution in [1.82, 2.24) is 15.6 Å². The van der Waals surface area contributed by atoms with E-state index in [1.807, 2.05) is 12.1 Å².